The Morgan fingerprint density at radius 2 is 2.06 bits per heavy atom. The highest BCUT2D eigenvalue weighted by Gasteiger charge is 2.11. The smallest absolute Gasteiger partial charge is 0.261 e. The summed E-state index contributed by atoms with van der Waals surface area (Å²) in [7, 11) is 3.20. The molecule has 0 aliphatic carbocycles. The van der Waals surface area contributed by atoms with Gasteiger partial charge in [-0.3, -0.25) is 9.59 Å². The normalized spacial score (nSPS) is 10.5. The molecule has 4 nitrogen and oxygen atoms in total. The van der Waals surface area contributed by atoms with E-state index < -0.39 is 0 Å². The molecule has 0 aliphatic rings. The van der Waals surface area contributed by atoms with E-state index >= 15 is 0 Å². The quantitative estimate of drug-likeness (QED) is 0.739. The Morgan fingerprint density at radius 1 is 1.35 bits per heavy atom. The van der Waals surface area contributed by atoms with Gasteiger partial charge in [0.2, 0.25) is 0 Å². The number of pyridine rings is 1. The number of benzene rings is 1. The van der Waals surface area contributed by atoms with Gasteiger partial charge >= 0.3 is 0 Å². The number of hydrogen-bond acceptors (Lipinski definition) is 3. The van der Waals surface area contributed by atoms with Gasteiger partial charge in [0.05, 0.1) is 18.2 Å². The number of hydrogen-bond donors (Lipinski definition) is 0. The molecule has 1 heterocycles. The molecular weight excluding hydrogens is 218 g/mol. The van der Waals surface area contributed by atoms with Crippen molar-refractivity contribution < 1.29 is 9.53 Å². The molecule has 17 heavy (non-hydrogen) atoms. The average Bonchev–Trinajstić information content (AvgIpc) is 2.34. The van der Waals surface area contributed by atoms with Gasteiger partial charge in [0, 0.05) is 12.4 Å². The molecule has 0 unspecified atom stereocenters. The van der Waals surface area contributed by atoms with Gasteiger partial charge in [0.15, 0.2) is 6.29 Å². The zero-order chi connectivity index (χ0) is 12.6. The van der Waals surface area contributed by atoms with Crippen LogP contribution in [0.15, 0.2) is 23.0 Å². The molecule has 2 rings (SSSR count). The Hall–Kier alpha value is -2.10. The van der Waals surface area contributed by atoms with Crippen LogP contribution in [0.1, 0.15) is 15.9 Å². The van der Waals surface area contributed by atoms with Crippen LogP contribution in [0.25, 0.3) is 10.9 Å². The highest BCUT2D eigenvalue weighted by Crippen LogP contribution is 2.26. The molecular formula is C13H13NO3. The first-order valence-electron chi connectivity index (χ1n) is 5.22. The third-order valence-corrected chi connectivity index (χ3v) is 2.93. The molecule has 0 saturated heterocycles. The summed E-state index contributed by atoms with van der Waals surface area (Å²) < 4.78 is 6.69. The van der Waals surface area contributed by atoms with E-state index in [1.807, 2.05) is 19.1 Å². The molecule has 1 aromatic heterocycles. The van der Waals surface area contributed by atoms with Crippen molar-refractivity contribution in [3.8, 4) is 5.75 Å². The Bertz CT molecular complexity index is 656. The lowest BCUT2D eigenvalue weighted by Crippen LogP contribution is -2.21. The number of aryl methyl sites for hydroxylation is 2. The summed E-state index contributed by atoms with van der Waals surface area (Å²) in [5, 5.41) is 0.855. The number of fused-ring (bicyclic) bond motifs is 1. The Labute approximate surface area is 98.4 Å². The number of rotatable bonds is 2. The molecule has 88 valence electrons. The van der Waals surface area contributed by atoms with Crippen LogP contribution in [-0.2, 0) is 7.05 Å². The monoisotopic (exact) mass is 231 g/mol. The summed E-state index contributed by atoms with van der Waals surface area (Å²) in [5.41, 5.74) is 1.57. The molecule has 4 heteroatoms. The van der Waals surface area contributed by atoms with Crippen molar-refractivity contribution in [3.05, 3.63) is 39.7 Å². The molecule has 0 fully saturated rings. The van der Waals surface area contributed by atoms with E-state index in [9.17, 15) is 9.59 Å². The van der Waals surface area contributed by atoms with Crippen molar-refractivity contribution in [2.75, 3.05) is 7.11 Å². The molecule has 0 spiro atoms. The fraction of sp³-hybridized carbons (Fsp3) is 0.231. The van der Waals surface area contributed by atoms with Crippen molar-refractivity contribution in [2.24, 2.45) is 7.05 Å². The Morgan fingerprint density at radius 3 is 2.65 bits per heavy atom. The minimum absolute atomic E-state index is 0.163. The van der Waals surface area contributed by atoms with E-state index in [1.54, 1.807) is 20.2 Å². The van der Waals surface area contributed by atoms with Crippen LogP contribution in [-0.4, -0.2) is 18.0 Å². The first-order valence-corrected chi connectivity index (χ1v) is 5.22. The lowest BCUT2D eigenvalue weighted by atomic mass is 10.1. The molecule has 0 aliphatic heterocycles. The van der Waals surface area contributed by atoms with E-state index in [4.69, 9.17) is 4.74 Å². The van der Waals surface area contributed by atoms with E-state index in [2.05, 4.69) is 0 Å². The highest BCUT2D eigenvalue weighted by atomic mass is 16.5. The molecule has 0 atom stereocenters. The van der Waals surface area contributed by atoms with Crippen molar-refractivity contribution in [3.63, 3.8) is 0 Å². The lowest BCUT2D eigenvalue weighted by Gasteiger charge is -2.12. The van der Waals surface area contributed by atoms with Crippen LogP contribution in [0.5, 0.6) is 5.75 Å². The summed E-state index contributed by atoms with van der Waals surface area (Å²) in [6.07, 6.45) is 0.584. The highest BCUT2D eigenvalue weighted by molar-refractivity contribution is 5.91. The predicted octanol–water partition coefficient (Wildman–Crippen LogP) is 1.67. The van der Waals surface area contributed by atoms with E-state index in [0.29, 0.717) is 17.6 Å². The van der Waals surface area contributed by atoms with Crippen LogP contribution in [0.2, 0.25) is 0 Å². The number of methoxy groups -OCH3 is 1. The minimum atomic E-state index is -0.309. The predicted molar refractivity (Wildman–Crippen MR) is 65.9 cm³/mol. The van der Waals surface area contributed by atoms with Gasteiger partial charge in [0.1, 0.15) is 5.75 Å². The SMILES string of the molecule is COc1ccc(C)c2cc(C=O)c(=O)n(C)c12. The maximum Gasteiger partial charge on any atom is 0.261 e. The maximum absolute atomic E-state index is 11.9. The summed E-state index contributed by atoms with van der Waals surface area (Å²) in [6, 6.07) is 5.33. The molecule has 0 N–H and O–H groups in total. The molecule has 0 amide bonds. The topological polar surface area (TPSA) is 48.3 Å². The van der Waals surface area contributed by atoms with E-state index in [1.165, 1.54) is 4.57 Å². The van der Waals surface area contributed by atoms with Crippen LogP contribution in [0, 0.1) is 6.92 Å². The lowest BCUT2D eigenvalue weighted by molar-refractivity contribution is 0.112. The van der Waals surface area contributed by atoms with Gasteiger partial charge in [-0.15, -0.1) is 0 Å². The average molecular weight is 231 g/mol. The first kappa shape index (κ1) is 11.4. The third kappa shape index (κ3) is 1.62. The van der Waals surface area contributed by atoms with Crippen LogP contribution in [0.4, 0.5) is 0 Å². The molecule has 0 bridgehead atoms. The second kappa shape index (κ2) is 4.05. The van der Waals surface area contributed by atoms with Crippen molar-refractivity contribution in [1.82, 2.24) is 4.57 Å². The van der Waals surface area contributed by atoms with Crippen molar-refractivity contribution >= 4 is 17.2 Å². The number of aldehydes is 1. The zero-order valence-corrected chi connectivity index (χ0v) is 9.98. The summed E-state index contributed by atoms with van der Waals surface area (Å²) in [4.78, 5) is 22.7. The zero-order valence-electron chi connectivity index (χ0n) is 9.98. The number of carbonyl (C=O) groups excluding carboxylic acids is 1. The van der Waals surface area contributed by atoms with E-state index in [-0.39, 0.29) is 11.1 Å². The molecule has 1 aromatic carbocycles. The van der Waals surface area contributed by atoms with E-state index in [0.717, 1.165) is 10.9 Å². The number of aromatic nitrogens is 1. The largest absolute Gasteiger partial charge is 0.495 e. The van der Waals surface area contributed by atoms with Crippen LogP contribution >= 0.6 is 0 Å². The standard InChI is InChI=1S/C13H13NO3/c1-8-4-5-11(17-3)12-10(8)6-9(7-15)13(16)14(12)2/h4-7H,1-3H3. The first-order chi connectivity index (χ1) is 8.10. The van der Waals surface area contributed by atoms with Gasteiger partial charge in [-0.25, -0.2) is 0 Å². The minimum Gasteiger partial charge on any atom is -0.495 e. The molecule has 0 radical (unpaired) electrons. The Kier molecular flexibility index (Phi) is 2.71. The second-order valence-electron chi connectivity index (χ2n) is 3.93. The fourth-order valence-electron chi connectivity index (χ4n) is 1.98. The van der Waals surface area contributed by atoms with Gasteiger partial charge in [-0.05, 0) is 24.6 Å². The van der Waals surface area contributed by atoms with Gasteiger partial charge in [-0.2, -0.15) is 0 Å². The van der Waals surface area contributed by atoms with Gasteiger partial charge in [0.25, 0.3) is 5.56 Å². The number of nitrogens with zero attached hydrogens (tertiary/aromatic N) is 1. The summed E-state index contributed by atoms with van der Waals surface area (Å²) >= 11 is 0. The fourth-order valence-corrected chi connectivity index (χ4v) is 1.98. The third-order valence-electron chi connectivity index (χ3n) is 2.93. The van der Waals surface area contributed by atoms with Gasteiger partial charge < -0.3 is 9.30 Å². The second-order valence-corrected chi connectivity index (χ2v) is 3.93. The molecule has 0 saturated carbocycles. The number of ether oxygens (including phenoxy) is 1. The number of carbonyl (C=O) groups is 1. The summed E-state index contributed by atoms with van der Waals surface area (Å²) in [6.45, 7) is 1.93. The van der Waals surface area contributed by atoms with Gasteiger partial charge in [-0.1, -0.05) is 6.07 Å². The molecule has 2 aromatic rings. The van der Waals surface area contributed by atoms with Crippen molar-refractivity contribution in [1.29, 1.82) is 0 Å². The summed E-state index contributed by atoms with van der Waals surface area (Å²) in [5.74, 6) is 0.627. The van der Waals surface area contributed by atoms with Crippen LogP contribution in [0.3, 0.4) is 0 Å². The van der Waals surface area contributed by atoms with Crippen molar-refractivity contribution in [2.45, 2.75) is 6.92 Å². The van der Waals surface area contributed by atoms with Crippen LogP contribution < -0.4 is 10.3 Å². The maximum atomic E-state index is 11.9. The Balaban J connectivity index is 3.05.